The van der Waals surface area contributed by atoms with Gasteiger partial charge < -0.3 is 4.42 Å². The standard InChI is InChI=1S/C16H15ClN2O/c1-10-6-7-11(8-14(10)17)16(19-18)13-9-20-15-5-3-2-4-12(13)15/h2-9,16,19H,18H2,1H3. The molecule has 3 aromatic rings. The van der Waals surface area contributed by atoms with Gasteiger partial charge in [-0.15, -0.1) is 0 Å². The van der Waals surface area contributed by atoms with Gasteiger partial charge in [0.15, 0.2) is 0 Å². The van der Waals surface area contributed by atoms with Crippen LogP contribution in [-0.4, -0.2) is 0 Å². The van der Waals surface area contributed by atoms with Gasteiger partial charge in [-0.2, -0.15) is 0 Å². The highest BCUT2D eigenvalue weighted by atomic mass is 35.5. The van der Waals surface area contributed by atoms with Gasteiger partial charge in [-0.05, 0) is 30.2 Å². The number of furan rings is 1. The Balaban J connectivity index is 2.11. The van der Waals surface area contributed by atoms with Gasteiger partial charge in [0, 0.05) is 16.0 Å². The molecule has 0 radical (unpaired) electrons. The van der Waals surface area contributed by atoms with Gasteiger partial charge in [0.05, 0.1) is 12.3 Å². The maximum atomic E-state index is 6.20. The largest absolute Gasteiger partial charge is 0.464 e. The number of aryl methyl sites for hydroxylation is 1. The Hall–Kier alpha value is -1.81. The first-order valence-electron chi connectivity index (χ1n) is 6.39. The van der Waals surface area contributed by atoms with Crippen molar-refractivity contribution in [2.75, 3.05) is 0 Å². The minimum Gasteiger partial charge on any atom is -0.464 e. The molecule has 0 aliphatic carbocycles. The van der Waals surface area contributed by atoms with Crippen molar-refractivity contribution in [1.82, 2.24) is 5.43 Å². The molecule has 102 valence electrons. The number of para-hydroxylation sites is 1. The van der Waals surface area contributed by atoms with E-state index in [9.17, 15) is 0 Å². The van der Waals surface area contributed by atoms with Crippen molar-refractivity contribution in [3.05, 3.63) is 70.4 Å². The normalized spacial score (nSPS) is 12.8. The molecule has 3 nitrogen and oxygen atoms in total. The van der Waals surface area contributed by atoms with Gasteiger partial charge in [0.25, 0.3) is 0 Å². The van der Waals surface area contributed by atoms with Crippen LogP contribution in [-0.2, 0) is 0 Å². The fraction of sp³-hybridized carbons (Fsp3) is 0.125. The number of nitrogens with one attached hydrogen (secondary N) is 1. The number of hydrazine groups is 1. The maximum absolute atomic E-state index is 6.20. The lowest BCUT2D eigenvalue weighted by Gasteiger charge is -2.16. The van der Waals surface area contributed by atoms with E-state index in [2.05, 4.69) is 5.43 Å². The summed E-state index contributed by atoms with van der Waals surface area (Å²) in [4.78, 5) is 0. The van der Waals surface area contributed by atoms with Crippen LogP contribution in [0.5, 0.6) is 0 Å². The predicted molar refractivity (Wildman–Crippen MR) is 81.6 cm³/mol. The van der Waals surface area contributed by atoms with E-state index in [4.69, 9.17) is 21.9 Å². The van der Waals surface area contributed by atoms with Crippen LogP contribution in [0, 0.1) is 6.92 Å². The number of hydrogen-bond acceptors (Lipinski definition) is 3. The predicted octanol–water partition coefficient (Wildman–Crippen LogP) is 3.95. The summed E-state index contributed by atoms with van der Waals surface area (Å²) >= 11 is 6.20. The van der Waals surface area contributed by atoms with Crippen molar-refractivity contribution in [2.24, 2.45) is 5.84 Å². The summed E-state index contributed by atoms with van der Waals surface area (Å²) in [5, 5.41) is 1.78. The average Bonchev–Trinajstić information content (AvgIpc) is 2.88. The quantitative estimate of drug-likeness (QED) is 0.566. The molecule has 4 heteroatoms. The monoisotopic (exact) mass is 286 g/mol. The van der Waals surface area contributed by atoms with E-state index < -0.39 is 0 Å². The molecule has 1 aromatic heterocycles. The molecule has 2 aromatic carbocycles. The first-order valence-corrected chi connectivity index (χ1v) is 6.77. The van der Waals surface area contributed by atoms with Gasteiger partial charge in [0.2, 0.25) is 0 Å². The third-order valence-electron chi connectivity index (χ3n) is 3.52. The summed E-state index contributed by atoms with van der Waals surface area (Å²) in [5.74, 6) is 5.74. The summed E-state index contributed by atoms with van der Waals surface area (Å²) in [6, 6.07) is 13.7. The van der Waals surface area contributed by atoms with Crippen molar-refractivity contribution in [2.45, 2.75) is 13.0 Å². The Kier molecular flexibility index (Phi) is 3.49. The lowest BCUT2D eigenvalue weighted by Crippen LogP contribution is -2.28. The number of benzene rings is 2. The second kappa shape index (κ2) is 5.29. The molecule has 20 heavy (non-hydrogen) atoms. The number of rotatable bonds is 3. The van der Waals surface area contributed by atoms with Crippen molar-refractivity contribution >= 4 is 22.6 Å². The minimum absolute atomic E-state index is 0.156. The van der Waals surface area contributed by atoms with Gasteiger partial charge in [-0.3, -0.25) is 5.84 Å². The van der Waals surface area contributed by atoms with Crippen LogP contribution >= 0.6 is 11.6 Å². The van der Waals surface area contributed by atoms with Crippen molar-refractivity contribution < 1.29 is 4.42 Å². The lowest BCUT2D eigenvalue weighted by molar-refractivity contribution is 0.586. The van der Waals surface area contributed by atoms with E-state index in [0.717, 1.165) is 32.7 Å². The molecule has 0 fully saturated rings. The highest BCUT2D eigenvalue weighted by Gasteiger charge is 2.18. The topological polar surface area (TPSA) is 51.2 Å². The molecule has 0 spiro atoms. The zero-order valence-electron chi connectivity index (χ0n) is 11.1. The van der Waals surface area contributed by atoms with Crippen LogP contribution in [0.4, 0.5) is 0 Å². The summed E-state index contributed by atoms with van der Waals surface area (Å²) in [7, 11) is 0. The summed E-state index contributed by atoms with van der Waals surface area (Å²) in [5.41, 5.74) is 6.75. The third-order valence-corrected chi connectivity index (χ3v) is 3.93. The highest BCUT2D eigenvalue weighted by molar-refractivity contribution is 6.31. The molecule has 0 bridgehead atoms. The average molecular weight is 287 g/mol. The van der Waals surface area contributed by atoms with Crippen molar-refractivity contribution in [3.63, 3.8) is 0 Å². The summed E-state index contributed by atoms with van der Waals surface area (Å²) in [6.07, 6.45) is 1.74. The number of hydrogen-bond donors (Lipinski definition) is 2. The summed E-state index contributed by atoms with van der Waals surface area (Å²) < 4.78 is 5.58. The Labute approximate surface area is 122 Å². The van der Waals surface area contributed by atoms with E-state index in [1.54, 1.807) is 6.26 Å². The zero-order chi connectivity index (χ0) is 14.1. The van der Waals surface area contributed by atoms with Gasteiger partial charge in [-0.25, -0.2) is 5.43 Å². The van der Waals surface area contributed by atoms with E-state index in [1.165, 1.54) is 0 Å². The number of fused-ring (bicyclic) bond motifs is 1. The molecule has 0 saturated heterocycles. The second-order valence-corrected chi connectivity index (χ2v) is 5.20. The van der Waals surface area contributed by atoms with Gasteiger partial charge in [-0.1, -0.05) is 41.9 Å². The highest BCUT2D eigenvalue weighted by Crippen LogP contribution is 2.31. The fourth-order valence-corrected chi connectivity index (χ4v) is 2.57. The van der Waals surface area contributed by atoms with Crippen LogP contribution in [0.2, 0.25) is 5.02 Å². The fourth-order valence-electron chi connectivity index (χ4n) is 2.38. The molecule has 1 heterocycles. The Morgan fingerprint density at radius 3 is 2.75 bits per heavy atom. The first-order chi connectivity index (χ1) is 9.70. The lowest BCUT2D eigenvalue weighted by atomic mass is 9.98. The molecule has 1 unspecified atom stereocenters. The smallest absolute Gasteiger partial charge is 0.134 e. The van der Waals surface area contributed by atoms with Crippen molar-refractivity contribution in [1.29, 1.82) is 0 Å². The molecular weight excluding hydrogens is 272 g/mol. The number of halogens is 1. The Morgan fingerprint density at radius 2 is 2.00 bits per heavy atom. The van der Waals surface area contributed by atoms with E-state index >= 15 is 0 Å². The molecule has 3 N–H and O–H groups in total. The van der Waals surface area contributed by atoms with Crippen LogP contribution in [0.25, 0.3) is 11.0 Å². The molecule has 0 aliphatic heterocycles. The maximum Gasteiger partial charge on any atom is 0.134 e. The molecule has 0 aliphatic rings. The number of nitrogens with two attached hydrogens (primary N) is 1. The van der Waals surface area contributed by atoms with Crippen LogP contribution in [0.15, 0.2) is 53.1 Å². The van der Waals surface area contributed by atoms with Crippen LogP contribution in [0.3, 0.4) is 0 Å². The van der Waals surface area contributed by atoms with E-state index in [0.29, 0.717) is 0 Å². The Bertz CT molecular complexity index is 751. The zero-order valence-corrected chi connectivity index (χ0v) is 11.8. The SMILES string of the molecule is Cc1ccc(C(NN)c2coc3ccccc23)cc1Cl. The van der Waals surface area contributed by atoms with Gasteiger partial charge in [0.1, 0.15) is 5.58 Å². The van der Waals surface area contributed by atoms with Crippen LogP contribution < -0.4 is 11.3 Å². The van der Waals surface area contributed by atoms with Crippen molar-refractivity contribution in [3.8, 4) is 0 Å². The second-order valence-electron chi connectivity index (χ2n) is 4.80. The minimum atomic E-state index is -0.156. The Morgan fingerprint density at radius 1 is 1.20 bits per heavy atom. The first kappa shape index (κ1) is 13.2. The molecule has 3 rings (SSSR count). The summed E-state index contributed by atoms with van der Waals surface area (Å²) in [6.45, 7) is 1.98. The van der Waals surface area contributed by atoms with Gasteiger partial charge >= 0.3 is 0 Å². The molecular formula is C16H15ClN2O. The molecule has 0 saturated carbocycles. The molecule has 1 atom stereocenters. The molecule has 0 amide bonds. The van der Waals surface area contributed by atoms with E-state index in [-0.39, 0.29) is 6.04 Å². The van der Waals surface area contributed by atoms with E-state index in [1.807, 2.05) is 49.4 Å². The third kappa shape index (κ3) is 2.20. The van der Waals surface area contributed by atoms with Crippen LogP contribution in [0.1, 0.15) is 22.7 Å².